The van der Waals surface area contributed by atoms with Crippen LogP contribution in [0.5, 0.6) is 5.75 Å². The molecule has 4 unspecified atom stereocenters. The molecule has 0 spiro atoms. The fourth-order valence-corrected chi connectivity index (χ4v) is 4.05. The van der Waals surface area contributed by atoms with Crippen LogP contribution in [0.15, 0.2) is 18.2 Å². The van der Waals surface area contributed by atoms with Gasteiger partial charge >= 0.3 is 0 Å². The Kier molecular flexibility index (Phi) is 4.47. The number of rotatable bonds is 2. The van der Waals surface area contributed by atoms with E-state index in [4.69, 9.17) is 4.74 Å². The number of hydrogen-bond acceptors (Lipinski definition) is 3. The van der Waals surface area contributed by atoms with Crippen LogP contribution in [0.25, 0.3) is 0 Å². The normalized spacial score (nSPS) is 32.6. The van der Waals surface area contributed by atoms with Gasteiger partial charge in [0.15, 0.2) is 0 Å². The fraction of sp³-hybridized carbons (Fsp3) is 0.684. The van der Waals surface area contributed by atoms with Crippen molar-refractivity contribution in [3.8, 4) is 5.75 Å². The number of nitrogens with zero attached hydrogens (tertiary/aromatic N) is 1. The van der Waals surface area contributed by atoms with E-state index in [0.29, 0.717) is 24.4 Å². The predicted octanol–water partition coefficient (Wildman–Crippen LogP) is 3.58. The Morgan fingerprint density at radius 2 is 1.86 bits per heavy atom. The van der Waals surface area contributed by atoms with Gasteiger partial charge in [-0.05, 0) is 41.9 Å². The van der Waals surface area contributed by atoms with E-state index in [9.17, 15) is 5.11 Å². The average Bonchev–Trinajstić information content (AvgIpc) is 2.46. The summed E-state index contributed by atoms with van der Waals surface area (Å²) in [6, 6.07) is 6.35. The van der Waals surface area contributed by atoms with Gasteiger partial charge in [0.1, 0.15) is 18.5 Å². The molecule has 0 saturated carbocycles. The topological polar surface area (TPSA) is 32.7 Å². The molecule has 0 aromatic heterocycles. The molecule has 1 fully saturated rings. The summed E-state index contributed by atoms with van der Waals surface area (Å²) in [6.45, 7) is 11.7. The number of benzene rings is 1. The predicted molar refractivity (Wildman–Crippen MR) is 89.3 cm³/mol. The summed E-state index contributed by atoms with van der Waals surface area (Å²) in [5.74, 6) is 2.71. The zero-order valence-electron chi connectivity index (χ0n) is 14.2. The number of aliphatic hydroxyl groups is 1. The third kappa shape index (κ3) is 3.02. The third-order valence-corrected chi connectivity index (χ3v) is 5.16. The molecule has 2 aliphatic rings. The van der Waals surface area contributed by atoms with Gasteiger partial charge in [-0.3, -0.25) is 4.90 Å². The molecule has 3 heteroatoms. The van der Waals surface area contributed by atoms with Crippen LogP contribution in [0.1, 0.15) is 57.3 Å². The van der Waals surface area contributed by atoms with Crippen LogP contribution in [-0.2, 0) is 0 Å². The van der Waals surface area contributed by atoms with Gasteiger partial charge in [-0.15, -0.1) is 0 Å². The van der Waals surface area contributed by atoms with Crippen LogP contribution < -0.4 is 4.74 Å². The Hall–Kier alpha value is -1.06. The highest BCUT2D eigenvalue weighted by Crippen LogP contribution is 2.37. The van der Waals surface area contributed by atoms with E-state index in [1.165, 1.54) is 12.0 Å². The second kappa shape index (κ2) is 6.21. The maximum Gasteiger partial charge on any atom is 0.125 e. The van der Waals surface area contributed by atoms with Crippen molar-refractivity contribution < 1.29 is 9.84 Å². The molecule has 1 N–H and O–H groups in total. The Bertz CT molecular complexity index is 518. The zero-order valence-corrected chi connectivity index (χ0v) is 14.2. The Morgan fingerprint density at radius 1 is 1.18 bits per heavy atom. The van der Waals surface area contributed by atoms with Crippen molar-refractivity contribution in [3.05, 3.63) is 29.3 Å². The van der Waals surface area contributed by atoms with Gasteiger partial charge in [-0.25, -0.2) is 0 Å². The lowest BCUT2D eigenvalue weighted by molar-refractivity contribution is -0.0227. The molecule has 0 amide bonds. The molecule has 22 heavy (non-hydrogen) atoms. The van der Waals surface area contributed by atoms with Gasteiger partial charge in [0.05, 0.1) is 6.04 Å². The highest BCUT2D eigenvalue weighted by atomic mass is 16.5. The molecular weight excluding hydrogens is 274 g/mol. The van der Waals surface area contributed by atoms with Gasteiger partial charge in [-0.1, -0.05) is 33.8 Å². The van der Waals surface area contributed by atoms with Crippen molar-refractivity contribution in [1.82, 2.24) is 4.90 Å². The van der Waals surface area contributed by atoms with Crippen molar-refractivity contribution in [2.24, 2.45) is 11.8 Å². The number of ether oxygens (including phenoxy) is 1. The van der Waals surface area contributed by atoms with E-state index in [1.807, 2.05) is 6.07 Å². The highest BCUT2D eigenvalue weighted by Gasteiger charge is 2.36. The largest absolute Gasteiger partial charge is 0.491 e. The van der Waals surface area contributed by atoms with Crippen LogP contribution >= 0.6 is 0 Å². The van der Waals surface area contributed by atoms with Crippen molar-refractivity contribution in [2.45, 2.75) is 52.2 Å². The Morgan fingerprint density at radius 3 is 2.50 bits per heavy atom. The quantitative estimate of drug-likeness (QED) is 0.906. The summed E-state index contributed by atoms with van der Waals surface area (Å²) < 4.78 is 5.96. The minimum absolute atomic E-state index is 0.0834. The van der Waals surface area contributed by atoms with Crippen molar-refractivity contribution >= 4 is 0 Å². The lowest BCUT2D eigenvalue weighted by atomic mass is 9.88. The van der Waals surface area contributed by atoms with Crippen LogP contribution in [0, 0.1) is 11.8 Å². The minimum atomic E-state index is -0.444. The molecule has 0 radical (unpaired) electrons. The molecule has 122 valence electrons. The highest BCUT2D eigenvalue weighted by molar-refractivity contribution is 5.42. The molecule has 0 bridgehead atoms. The van der Waals surface area contributed by atoms with Gasteiger partial charge in [0, 0.05) is 18.7 Å². The van der Waals surface area contributed by atoms with Gasteiger partial charge in [0.2, 0.25) is 0 Å². The number of fused-ring (bicyclic) bond motifs is 1. The van der Waals surface area contributed by atoms with Crippen LogP contribution in [0.4, 0.5) is 0 Å². The van der Waals surface area contributed by atoms with Gasteiger partial charge in [0.25, 0.3) is 0 Å². The van der Waals surface area contributed by atoms with Crippen molar-refractivity contribution in [2.75, 3.05) is 19.7 Å². The first-order valence-electron chi connectivity index (χ1n) is 8.64. The minimum Gasteiger partial charge on any atom is -0.491 e. The first kappa shape index (κ1) is 15.8. The molecule has 1 saturated heterocycles. The number of likely N-dealkylation sites (tertiary alicyclic amines) is 1. The summed E-state index contributed by atoms with van der Waals surface area (Å²) in [6.07, 6.45) is 0.841. The maximum absolute atomic E-state index is 10.9. The smallest absolute Gasteiger partial charge is 0.125 e. The molecule has 2 heterocycles. The average molecular weight is 303 g/mol. The maximum atomic E-state index is 10.9. The van der Waals surface area contributed by atoms with E-state index in [-0.39, 0.29) is 6.04 Å². The molecule has 1 aromatic carbocycles. The molecule has 4 atom stereocenters. The molecular formula is C19H29NO2. The van der Waals surface area contributed by atoms with E-state index in [1.54, 1.807) is 0 Å². The second-order valence-electron chi connectivity index (χ2n) is 7.68. The lowest BCUT2D eigenvalue weighted by Gasteiger charge is -2.43. The molecule has 3 rings (SSSR count). The summed E-state index contributed by atoms with van der Waals surface area (Å²) in [7, 11) is 0. The fourth-order valence-electron chi connectivity index (χ4n) is 4.05. The standard InChI is InChI=1S/C19H29NO2/c1-12(2)15-5-6-18-16(8-15)19(21)17(11-22-18)20-9-13(3)7-14(4)10-20/h5-6,8,12-14,17,19,21H,7,9-11H2,1-4H3. The van der Waals surface area contributed by atoms with Crippen LogP contribution in [0.2, 0.25) is 0 Å². The second-order valence-corrected chi connectivity index (χ2v) is 7.68. The SMILES string of the molecule is CC1CC(C)CN(C2COc3ccc(C(C)C)cc3C2O)C1. The number of hydrogen-bond donors (Lipinski definition) is 1. The first-order valence-corrected chi connectivity index (χ1v) is 8.64. The summed E-state index contributed by atoms with van der Waals surface area (Å²) in [4.78, 5) is 2.44. The summed E-state index contributed by atoms with van der Waals surface area (Å²) in [5, 5.41) is 10.9. The molecule has 2 aliphatic heterocycles. The van der Waals surface area contributed by atoms with E-state index < -0.39 is 6.10 Å². The molecule has 3 nitrogen and oxygen atoms in total. The Labute approximate surface area is 134 Å². The summed E-state index contributed by atoms with van der Waals surface area (Å²) >= 11 is 0. The summed E-state index contributed by atoms with van der Waals surface area (Å²) in [5.41, 5.74) is 2.23. The van der Waals surface area contributed by atoms with Crippen molar-refractivity contribution in [3.63, 3.8) is 0 Å². The third-order valence-electron chi connectivity index (χ3n) is 5.16. The molecule has 0 aliphatic carbocycles. The van der Waals surface area contributed by atoms with E-state index in [0.717, 1.165) is 24.4 Å². The lowest BCUT2D eigenvalue weighted by Crippen LogP contribution is -2.51. The van der Waals surface area contributed by atoms with Crippen LogP contribution in [0.3, 0.4) is 0 Å². The number of aliphatic hydroxyl groups excluding tert-OH is 1. The first-order chi connectivity index (χ1) is 10.5. The van der Waals surface area contributed by atoms with Crippen molar-refractivity contribution in [1.29, 1.82) is 0 Å². The van der Waals surface area contributed by atoms with Crippen LogP contribution in [-0.4, -0.2) is 35.7 Å². The van der Waals surface area contributed by atoms with E-state index >= 15 is 0 Å². The van der Waals surface area contributed by atoms with E-state index in [2.05, 4.69) is 44.7 Å². The molecule has 1 aromatic rings. The zero-order chi connectivity index (χ0) is 15.9. The Balaban J connectivity index is 1.83. The van der Waals surface area contributed by atoms with Gasteiger partial charge < -0.3 is 9.84 Å². The van der Waals surface area contributed by atoms with Gasteiger partial charge in [-0.2, -0.15) is 0 Å². The monoisotopic (exact) mass is 303 g/mol. The number of piperidine rings is 1.